The SMILES string of the molecule is c1ccc2c(-c3ccncc3)cc(-c3ccncc3)c-2cc1. The summed E-state index contributed by atoms with van der Waals surface area (Å²) in [4.78, 5) is 8.24. The smallest absolute Gasteiger partial charge is 0.0273 e. The number of pyridine rings is 2. The van der Waals surface area contributed by atoms with Crippen LogP contribution in [0, 0.1) is 0 Å². The Hall–Kier alpha value is -3.00. The average Bonchev–Trinajstić information content (AvgIpc) is 2.78. The van der Waals surface area contributed by atoms with Crippen LogP contribution in [0.15, 0.2) is 85.5 Å². The minimum absolute atomic E-state index is 1.19. The van der Waals surface area contributed by atoms with E-state index in [4.69, 9.17) is 0 Å². The van der Waals surface area contributed by atoms with Gasteiger partial charge >= 0.3 is 0 Å². The van der Waals surface area contributed by atoms with Gasteiger partial charge in [-0.2, -0.15) is 0 Å². The average molecular weight is 282 g/mol. The minimum atomic E-state index is 1.19. The lowest BCUT2D eigenvalue weighted by Crippen LogP contribution is -1.78. The highest BCUT2D eigenvalue weighted by Gasteiger charge is 2.16. The molecule has 0 saturated heterocycles. The molecule has 0 bridgehead atoms. The van der Waals surface area contributed by atoms with Gasteiger partial charge in [-0.1, -0.05) is 30.3 Å². The van der Waals surface area contributed by atoms with Gasteiger partial charge < -0.3 is 0 Å². The number of hydrogen-bond acceptors (Lipinski definition) is 2. The first-order valence-electron chi connectivity index (χ1n) is 7.26. The van der Waals surface area contributed by atoms with Crippen LogP contribution in [0.1, 0.15) is 0 Å². The molecule has 2 aromatic heterocycles. The number of rotatable bonds is 2. The van der Waals surface area contributed by atoms with Crippen LogP contribution in [0.2, 0.25) is 0 Å². The van der Waals surface area contributed by atoms with E-state index in [9.17, 15) is 0 Å². The van der Waals surface area contributed by atoms with Crippen LogP contribution in [-0.4, -0.2) is 9.97 Å². The van der Waals surface area contributed by atoms with Crippen LogP contribution in [0.25, 0.3) is 33.4 Å². The standard InChI is InChI=1S/C20H14N2/c1-2-4-17-18(5-3-1)20(16-8-12-22-13-9-16)14-19(17)15-6-10-21-11-7-15/h1-14H. The molecular weight excluding hydrogens is 268 g/mol. The van der Waals surface area contributed by atoms with Crippen LogP contribution < -0.4 is 0 Å². The first-order valence-corrected chi connectivity index (χ1v) is 7.26. The molecule has 22 heavy (non-hydrogen) atoms. The Balaban J connectivity index is 2.00. The fraction of sp³-hybridized carbons (Fsp3) is 0. The Morgan fingerprint density at radius 1 is 0.455 bits per heavy atom. The first-order chi connectivity index (χ1) is 10.9. The zero-order valence-electron chi connectivity index (χ0n) is 12.0. The van der Waals surface area contributed by atoms with Gasteiger partial charge in [0.05, 0.1) is 0 Å². The molecule has 2 heterocycles. The minimum Gasteiger partial charge on any atom is -0.265 e. The number of aromatic nitrogens is 2. The second kappa shape index (κ2) is 5.41. The van der Waals surface area contributed by atoms with Crippen molar-refractivity contribution in [1.29, 1.82) is 0 Å². The lowest BCUT2D eigenvalue weighted by molar-refractivity contribution is 1.33. The first kappa shape index (κ1) is 12.7. The van der Waals surface area contributed by atoms with E-state index in [1.54, 1.807) is 0 Å². The van der Waals surface area contributed by atoms with Crippen LogP contribution in [0.3, 0.4) is 0 Å². The van der Waals surface area contributed by atoms with Gasteiger partial charge in [0.1, 0.15) is 0 Å². The van der Waals surface area contributed by atoms with E-state index < -0.39 is 0 Å². The van der Waals surface area contributed by atoms with E-state index in [0.717, 1.165) is 0 Å². The van der Waals surface area contributed by atoms with Crippen molar-refractivity contribution in [3.05, 3.63) is 85.5 Å². The molecule has 2 aromatic rings. The van der Waals surface area contributed by atoms with Crippen molar-refractivity contribution < 1.29 is 0 Å². The van der Waals surface area contributed by atoms with Crippen molar-refractivity contribution in [3.63, 3.8) is 0 Å². The van der Waals surface area contributed by atoms with Crippen LogP contribution in [-0.2, 0) is 0 Å². The van der Waals surface area contributed by atoms with E-state index >= 15 is 0 Å². The van der Waals surface area contributed by atoms with Gasteiger partial charge in [0, 0.05) is 24.8 Å². The van der Waals surface area contributed by atoms with Crippen molar-refractivity contribution in [3.8, 4) is 33.4 Å². The Labute approximate surface area is 129 Å². The summed E-state index contributed by atoms with van der Waals surface area (Å²) in [6, 6.07) is 21.1. The second-order valence-electron chi connectivity index (χ2n) is 5.18. The molecule has 2 nitrogen and oxygen atoms in total. The van der Waals surface area contributed by atoms with E-state index in [0.29, 0.717) is 0 Å². The van der Waals surface area contributed by atoms with Crippen LogP contribution >= 0.6 is 0 Å². The van der Waals surface area contributed by atoms with Gasteiger partial charge in [-0.15, -0.1) is 0 Å². The molecule has 0 aromatic carbocycles. The molecule has 0 radical (unpaired) electrons. The van der Waals surface area contributed by atoms with E-state index in [1.807, 2.05) is 24.8 Å². The molecule has 0 atom stereocenters. The highest BCUT2D eigenvalue weighted by atomic mass is 14.6. The predicted molar refractivity (Wildman–Crippen MR) is 89.5 cm³/mol. The summed E-state index contributed by atoms with van der Waals surface area (Å²) in [5.41, 5.74) is 7.35. The van der Waals surface area contributed by atoms with E-state index in [-0.39, 0.29) is 0 Å². The molecule has 0 aliphatic heterocycles. The summed E-state index contributed by atoms with van der Waals surface area (Å²) >= 11 is 0. The highest BCUT2D eigenvalue weighted by molar-refractivity contribution is 5.97. The third-order valence-corrected chi connectivity index (χ3v) is 3.89. The van der Waals surface area contributed by atoms with Gasteiger partial charge in [-0.25, -0.2) is 0 Å². The molecule has 0 amide bonds. The molecule has 2 aliphatic rings. The molecule has 4 rings (SSSR count). The maximum Gasteiger partial charge on any atom is 0.0273 e. The van der Waals surface area contributed by atoms with Crippen molar-refractivity contribution in [2.75, 3.05) is 0 Å². The highest BCUT2D eigenvalue weighted by Crippen LogP contribution is 2.42. The molecule has 0 unspecified atom stereocenters. The topological polar surface area (TPSA) is 25.8 Å². The zero-order chi connectivity index (χ0) is 14.8. The molecule has 0 spiro atoms. The van der Waals surface area contributed by atoms with Crippen molar-refractivity contribution >= 4 is 0 Å². The van der Waals surface area contributed by atoms with Crippen LogP contribution in [0.4, 0.5) is 0 Å². The van der Waals surface area contributed by atoms with E-state index in [2.05, 4.69) is 70.6 Å². The number of nitrogens with zero attached hydrogens (tertiary/aromatic N) is 2. The quantitative estimate of drug-likeness (QED) is 0.521. The largest absolute Gasteiger partial charge is 0.265 e. The predicted octanol–water partition coefficient (Wildman–Crippen LogP) is 4.92. The van der Waals surface area contributed by atoms with Gasteiger partial charge in [0.2, 0.25) is 0 Å². The maximum absolute atomic E-state index is 4.12. The van der Waals surface area contributed by atoms with Crippen LogP contribution in [0.5, 0.6) is 0 Å². The lowest BCUT2D eigenvalue weighted by atomic mass is 10.0. The third-order valence-electron chi connectivity index (χ3n) is 3.89. The number of fused-ring (bicyclic) bond motifs is 1. The third kappa shape index (κ3) is 2.15. The fourth-order valence-corrected chi connectivity index (χ4v) is 2.86. The van der Waals surface area contributed by atoms with Gasteiger partial charge in [-0.05, 0) is 63.7 Å². The summed E-state index contributed by atoms with van der Waals surface area (Å²) in [5, 5.41) is 0. The van der Waals surface area contributed by atoms with Gasteiger partial charge in [-0.3, -0.25) is 9.97 Å². The normalized spacial score (nSPS) is 10.7. The number of hydrogen-bond donors (Lipinski definition) is 0. The Morgan fingerprint density at radius 2 is 0.909 bits per heavy atom. The van der Waals surface area contributed by atoms with Crippen molar-refractivity contribution in [1.82, 2.24) is 9.97 Å². The molecule has 104 valence electrons. The lowest BCUT2D eigenvalue weighted by Gasteiger charge is -2.02. The summed E-state index contributed by atoms with van der Waals surface area (Å²) in [6.07, 6.45) is 7.35. The summed E-state index contributed by atoms with van der Waals surface area (Å²) in [7, 11) is 0. The molecular formula is C20H14N2. The maximum atomic E-state index is 4.12. The van der Waals surface area contributed by atoms with E-state index in [1.165, 1.54) is 33.4 Å². The Bertz CT molecular complexity index is 799. The Morgan fingerprint density at radius 3 is 1.36 bits per heavy atom. The summed E-state index contributed by atoms with van der Waals surface area (Å²) < 4.78 is 0. The molecule has 0 fully saturated rings. The van der Waals surface area contributed by atoms with Gasteiger partial charge in [0.15, 0.2) is 0 Å². The summed E-state index contributed by atoms with van der Waals surface area (Å²) in [6.45, 7) is 0. The van der Waals surface area contributed by atoms with Crippen molar-refractivity contribution in [2.24, 2.45) is 0 Å². The van der Waals surface area contributed by atoms with Gasteiger partial charge in [0.25, 0.3) is 0 Å². The molecule has 2 aliphatic carbocycles. The fourth-order valence-electron chi connectivity index (χ4n) is 2.86. The molecule has 0 saturated carbocycles. The second-order valence-corrected chi connectivity index (χ2v) is 5.18. The monoisotopic (exact) mass is 282 g/mol. The zero-order valence-corrected chi connectivity index (χ0v) is 12.0. The Kier molecular flexibility index (Phi) is 3.13. The molecule has 2 heteroatoms. The van der Waals surface area contributed by atoms with Crippen molar-refractivity contribution in [2.45, 2.75) is 0 Å². The molecule has 0 N–H and O–H groups in total. The summed E-state index contributed by atoms with van der Waals surface area (Å²) in [5.74, 6) is 0.